The van der Waals surface area contributed by atoms with Crippen LogP contribution in [0.3, 0.4) is 0 Å². The molecule has 11 heavy (non-hydrogen) atoms. The lowest BCUT2D eigenvalue weighted by Crippen LogP contribution is -2.06. The summed E-state index contributed by atoms with van der Waals surface area (Å²) in [7, 11) is 1.42. The summed E-state index contributed by atoms with van der Waals surface area (Å²) in [5.74, 6) is 0.308. The van der Waals surface area contributed by atoms with Gasteiger partial charge in [0.2, 0.25) is 5.82 Å². The molecule has 58 valence electrons. The van der Waals surface area contributed by atoms with Crippen LogP contribution in [0.15, 0.2) is 12.4 Å². The Morgan fingerprint density at radius 2 is 2.00 bits per heavy atom. The molecule has 0 aliphatic heterocycles. The predicted octanol–water partition coefficient (Wildman–Crippen LogP) is 0.757. The third-order valence-corrected chi connectivity index (χ3v) is 1.19. The van der Waals surface area contributed by atoms with Crippen molar-refractivity contribution in [3.8, 4) is 0 Å². The molecule has 0 unspecified atom stereocenters. The summed E-state index contributed by atoms with van der Waals surface area (Å²) in [5.41, 5.74) is 0.970. The van der Waals surface area contributed by atoms with E-state index in [4.69, 9.17) is 5.41 Å². The van der Waals surface area contributed by atoms with Crippen molar-refractivity contribution >= 4 is 5.90 Å². The molecule has 0 aliphatic rings. The number of ether oxygens (including phenoxy) is 1. The lowest BCUT2D eigenvalue weighted by atomic mass is 10.4. The van der Waals surface area contributed by atoms with Crippen LogP contribution in [-0.4, -0.2) is 23.0 Å². The summed E-state index contributed by atoms with van der Waals surface area (Å²) in [6.45, 7) is 1.89. The molecule has 1 aromatic heterocycles. The largest absolute Gasteiger partial charge is 0.479 e. The second-order valence-electron chi connectivity index (χ2n) is 2.12. The van der Waals surface area contributed by atoms with Crippen molar-refractivity contribution < 1.29 is 4.74 Å². The van der Waals surface area contributed by atoms with Gasteiger partial charge in [-0.05, 0) is 12.5 Å². The maximum Gasteiger partial charge on any atom is 0.251 e. The summed E-state index contributed by atoms with van der Waals surface area (Å²) >= 11 is 0. The number of nitrogens with zero attached hydrogens (tertiary/aromatic N) is 2. The first kappa shape index (κ1) is 7.65. The van der Waals surface area contributed by atoms with Gasteiger partial charge in [-0.25, -0.2) is 9.97 Å². The molecule has 0 fully saturated rings. The van der Waals surface area contributed by atoms with Crippen molar-refractivity contribution in [2.75, 3.05) is 7.11 Å². The fourth-order valence-corrected chi connectivity index (χ4v) is 0.601. The molecule has 1 N–H and O–H groups in total. The Kier molecular flexibility index (Phi) is 2.15. The van der Waals surface area contributed by atoms with E-state index in [1.807, 2.05) is 6.92 Å². The van der Waals surface area contributed by atoms with E-state index in [2.05, 4.69) is 14.7 Å². The smallest absolute Gasteiger partial charge is 0.251 e. The van der Waals surface area contributed by atoms with Gasteiger partial charge in [0, 0.05) is 12.4 Å². The SMILES string of the molecule is COC(=N)c1ncc(C)cn1. The van der Waals surface area contributed by atoms with Gasteiger partial charge >= 0.3 is 0 Å². The van der Waals surface area contributed by atoms with Crippen LogP contribution in [0, 0.1) is 12.3 Å². The minimum absolute atomic E-state index is 0.00926. The topological polar surface area (TPSA) is 58.9 Å². The number of methoxy groups -OCH3 is 1. The van der Waals surface area contributed by atoms with Gasteiger partial charge in [0.05, 0.1) is 7.11 Å². The van der Waals surface area contributed by atoms with Gasteiger partial charge in [-0.3, -0.25) is 5.41 Å². The summed E-state index contributed by atoms with van der Waals surface area (Å²) in [4.78, 5) is 7.78. The number of aromatic nitrogens is 2. The first-order chi connectivity index (χ1) is 5.24. The molecule has 0 saturated heterocycles. The van der Waals surface area contributed by atoms with Crippen LogP contribution in [0.25, 0.3) is 0 Å². The highest BCUT2D eigenvalue weighted by Gasteiger charge is 2.01. The molecule has 0 bridgehead atoms. The van der Waals surface area contributed by atoms with E-state index >= 15 is 0 Å². The zero-order valence-electron chi connectivity index (χ0n) is 6.46. The monoisotopic (exact) mass is 151 g/mol. The zero-order valence-corrected chi connectivity index (χ0v) is 6.46. The normalized spacial score (nSPS) is 9.27. The van der Waals surface area contributed by atoms with E-state index in [9.17, 15) is 0 Å². The highest BCUT2D eigenvalue weighted by atomic mass is 16.5. The molecule has 1 heterocycles. The van der Waals surface area contributed by atoms with E-state index < -0.39 is 0 Å². The number of aryl methyl sites for hydroxylation is 1. The first-order valence-corrected chi connectivity index (χ1v) is 3.15. The molecule has 0 atom stereocenters. The Morgan fingerprint density at radius 3 is 2.45 bits per heavy atom. The maximum absolute atomic E-state index is 7.20. The minimum Gasteiger partial charge on any atom is -0.479 e. The molecule has 0 spiro atoms. The molecule has 1 aromatic rings. The number of hydrogen-bond acceptors (Lipinski definition) is 4. The van der Waals surface area contributed by atoms with E-state index in [0.717, 1.165) is 5.56 Å². The van der Waals surface area contributed by atoms with Crippen LogP contribution in [0.2, 0.25) is 0 Å². The second-order valence-corrected chi connectivity index (χ2v) is 2.12. The zero-order chi connectivity index (χ0) is 8.27. The molecule has 0 aliphatic carbocycles. The quantitative estimate of drug-likeness (QED) is 0.476. The first-order valence-electron chi connectivity index (χ1n) is 3.15. The van der Waals surface area contributed by atoms with Crippen molar-refractivity contribution in [3.63, 3.8) is 0 Å². The van der Waals surface area contributed by atoms with Gasteiger partial charge < -0.3 is 4.74 Å². The molecule has 4 heteroatoms. The van der Waals surface area contributed by atoms with Crippen LogP contribution >= 0.6 is 0 Å². The third-order valence-electron chi connectivity index (χ3n) is 1.19. The minimum atomic E-state index is -0.00926. The van der Waals surface area contributed by atoms with Crippen LogP contribution in [0.5, 0.6) is 0 Å². The molecule has 0 amide bonds. The van der Waals surface area contributed by atoms with E-state index in [1.165, 1.54) is 7.11 Å². The van der Waals surface area contributed by atoms with E-state index in [0.29, 0.717) is 5.82 Å². The van der Waals surface area contributed by atoms with Crippen molar-refractivity contribution in [1.29, 1.82) is 5.41 Å². The van der Waals surface area contributed by atoms with Crippen LogP contribution in [-0.2, 0) is 4.74 Å². The van der Waals surface area contributed by atoms with Gasteiger partial charge in [0.25, 0.3) is 5.90 Å². The van der Waals surface area contributed by atoms with Gasteiger partial charge in [0.15, 0.2) is 0 Å². The Balaban J connectivity index is 2.90. The molecular formula is C7H9N3O. The van der Waals surface area contributed by atoms with Gasteiger partial charge in [-0.2, -0.15) is 0 Å². The van der Waals surface area contributed by atoms with Crippen molar-refractivity contribution in [2.45, 2.75) is 6.92 Å². The van der Waals surface area contributed by atoms with Gasteiger partial charge in [0.1, 0.15) is 0 Å². The number of hydrogen-bond donors (Lipinski definition) is 1. The lowest BCUT2D eigenvalue weighted by molar-refractivity contribution is 0.397. The van der Waals surface area contributed by atoms with Crippen molar-refractivity contribution in [2.24, 2.45) is 0 Å². The van der Waals surface area contributed by atoms with E-state index in [1.54, 1.807) is 12.4 Å². The lowest BCUT2D eigenvalue weighted by Gasteiger charge is -1.98. The fourth-order valence-electron chi connectivity index (χ4n) is 0.601. The number of rotatable bonds is 1. The van der Waals surface area contributed by atoms with Crippen molar-refractivity contribution in [3.05, 3.63) is 23.8 Å². The van der Waals surface area contributed by atoms with Gasteiger partial charge in [-0.15, -0.1) is 0 Å². The van der Waals surface area contributed by atoms with Gasteiger partial charge in [-0.1, -0.05) is 0 Å². The fraction of sp³-hybridized carbons (Fsp3) is 0.286. The summed E-state index contributed by atoms with van der Waals surface area (Å²) < 4.78 is 4.63. The molecule has 0 saturated carbocycles. The molecular weight excluding hydrogens is 142 g/mol. The maximum atomic E-state index is 7.20. The number of nitrogens with one attached hydrogen (secondary N) is 1. The van der Waals surface area contributed by atoms with Crippen LogP contribution in [0.1, 0.15) is 11.4 Å². The summed E-state index contributed by atoms with van der Waals surface area (Å²) in [6, 6.07) is 0. The Hall–Kier alpha value is -1.45. The Morgan fingerprint density at radius 1 is 1.45 bits per heavy atom. The average Bonchev–Trinajstić information content (AvgIpc) is 2.05. The Bertz CT molecular complexity index is 255. The molecule has 0 radical (unpaired) electrons. The summed E-state index contributed by atoms with van der Waals surface area (Å²) in [6.07, 6.45) is 3.30. The predicted molar refractivity (Wildman–Crippen MR) is 40.6 cm³/mol. The Labute approximate surface area is 64.8 Å². The average molecular weight is 151 g/mol. The highest BCUT2D eigenvalue weighted by Crippen LogP contribution is 1.94. The molecule has 0 aromatic carbocycles. The van der Waals surface area contributed by atoms with E-state index in [-0.39, 0.29) is 5.90 Å². The second kappa shape index (κ2) is 3.09. The highest BCUT2D eigenvalue weighted by molar-refractivity contribution is 5.87. The van der Waals surface area contributed by atoms with Crippen LogP contribution in [0.4, 0.5) is 0 Å². The molecule has 1 rings (SSSR count). The third kappa shape index (κ3) is 1.73. The van der Waals surface area contributed by atoms with Crippen LogP contribution < -0.4 is 0 Å². The summed E-state index contributed by atoms with van der Waals surface area (Å²) in [5, 5.41) is 7.20. The van der Waals surface area contributed by atoms with Crippen molar-refractivity contribution in [1.82, 2.24) is 9.97 Å². The molecule has 4 nitrogen and oxygen atoms in total. The standard InChI is InChI=1S/C7H9N3O/c1-5-3-9-7(10-4-5)6(8)11-2/h3-4,8H,1-2H3.